The van der Waals surface area contributed by atoms with Gasteiger partial charge in [-0.15, -0.1) is 0 Å². The van der Waals surface area contributed by atoms with E-state index in [1.54, 1.807) is 0 Å². The molecule has 0 spiro atoms. The van der Waals surface area contributed by atoms with Crippen molar-refractivity contribution < 1.29 is 0 Å². The second-order valence-corrected chi connectivity index (χ2v) is 6.32. The first-order chi connectivity index (χ1) is 6.44. The van der Waals surface area contributed by atoms with E-state index < -0.39 is 0 Å². The van der Waals surface area contributed by atoms with E-state index in [1.165, 1.54) is 32.6 Å². The summed E-state index contributed by atoms with van der Waals surface area (Å²) in [5.74, 6) is 0.856. The predicted octanol–water partition coefficient (Wildman–Crippen LogP) is 1.57. The summed E-state index contributed by atoms with van der Waals surface area (Å²) in [5.41, 5.74) is 1.03. The maximum absolute atomic E-state index is 3.52. The van der Waals surface area contributed by atoms with Gasteiger partial charge in [-0.05, 0) is 36.8 Å². The summed E-state index contributed by atoms with van der Waals surface area (Å²) >= 11 is 0. The Labute approximate surface area is 88.1 Å². The van der Waals surface area contributed by atoms with Gasteiger partial charge in [0.05, 0.1) is 0 Å². The van der Waals surface area contributed by atoms with Crippen LogP contribution in [0, 0.1) is 16.7 Å². The largest absolute Gasteiger partial charge is 0.316 e. The van der Waals surface area contributed by atoms with Gasteiger partial charge in [-0.25, -0.2) is 0 Å². The minimum Gasteiger partial charge on any atom is -0.316 e. The standard InChI is InChI=1S/C12H24N2/c1-11(2)9-14(4)7-10(11)12(3)5-6-13-8-12/h10,13H,5-9H2,1-4H3. The van der Waals surface area contributed by atoms with Crippen LogP contribution in [0.15, 0.2) is 0 Å². The van der Waals surface area contributed by atoms with Crippen LogP contribution in [0.1, 0.15) is 27.2 Å². The molecule has 2 nitrogen and oxygen atoms in total. The highest BCUT2D eigenvalue weighted by molar-refractivity contribution is 5.01. The summed E-state index contributed by atoms with van der Waals surface area (Å²) in [5, 5.41) is 3.52. The quantitative estimate of drug-likeness (QED) is 0.685. The van der Waals surface area contributed by atoms with E-state index in [-0.39, 0.29) is 0 Å². The van der Waals surface area contributed by atoms with Crippen molar-refractivity contribution in [3.63, 3.8) is 0 Å². The Hall–Kier alpha value is -0.0800. The van der Waals surface area contributed by atoms with Crippen LogP contribution in [0.2, 0.25) is 0 Å². The third kappa shape index (κ3) is 1.59. The number of nitrogens with one attached hydrogen (secondary N) is 1. The molecule has 2 fully saturated rings. The number of nitrogens with zero attached hydrogens (tertiary/aromatic N) is 1. The molecular weight excluding hydrogens is 172 g/mol. The molecule has 2 heterocycles. The molecule has 1 N–H and O–H groups in total. The first-order valence-electron chi connectivity index (χ1n) is 5.83. The lowest BCUT2D eigenvalue weighted by atomic mass is 9.65. The maximum Gasteiger partial charge on any atom is 0.00331 e. The Bertz CT molecular complexity index is 216. The van der Waals surface area contributed by atoms with E-state index in [2.05, 4.69) is 38.0 Å². The van der Waals surface area contributed by atoms with Crippen LogP contribution < -0.4 is 5.32 Å². The van der Waals surface area contributed by atoms with E-state index in [1.807, 2.05) is 0 Å². The lowest BCUT2D eigenvalue weighted by Gasteiger charge is -2.38. The van der Waals surface area contributed by atoms with Crippen LogP contribution >= 0.6 is 0 Å². The van der Waals surface area contributed by atoms with Gasteiger partial charge in [0.25, 0.3) is 0 Å². The van der Waals surface area contributed by atoms with Gasteiger partial charge >= 0.3 is 0 Å². The molecule has 2 atom stereocenters. The van der Waals surface area contributed by atoms with Gasteiger partial charge in [0, 0.05) is 19.6 Å². The molecule has 0 radical (unpaired) electrons. The van der Waals surface area contributed by atoms with Crippen LogP contribution in [0.25, 0.3) is 0 Å². The van der Waals surface area contributed by atoms with Gasteiger partial charge in [-0.1, -0.05) is 20.8 Å². The fraction of sp³-hybridized carbons (Fsp3) is 1.00. The highest BCUT2D eigenvalue weighted by Crippen LogP contribution is 2.48. The Morgan fingerprint density at radius 2 is 2.00 bits per heavy atom. The van der Waals surface area contributed by atoms with Crippen LogP contribution in [0.5, 0.6) is 0 Å². The summed E-state index contributed by atoms with van der Waals surface area (Å²) in [7, 11) is 2.26. The smallest absolute Gasteiger partial charge is 0.00331 e. The third-order valence-corrected chi connectivity index (χ3v) is 4.36. The molecule has 0 bridgehead atoms. The van der Waals surface area contributed by atoms with Gasteiger partial charge < -0.3 is 10.2 Å². The average Bonchev–Trinajstić information content (AvgIpc) is 2.56. The highest BCUT2D eigenvalue weighted by Gasteiger charge is 2.49. The number of hydrogen-bond donors (Lipinski definition) is 1. The first-order valence-corrected chi connectivity index (χ1v) is 5.83. The zero-order chi connectivity index (χ0) is 10.4. The zero-order valence-electron chi connectivity index (χ0n) is 10.1. The SMILES string of the molecule is CN1CC(C2(C)CCNC2)C(C)(C)C1. The van der Waals surface area contributed by atoms with E-state index in [4.69, 9.17) is 0 Å². The average molecular weight is 196 g/mol. The van der Waals surface area contributed by atoms with Crippen LogP contribution in [-0.2, 0) is 0 Å². The molecule has 14 heavy (non-hydrogen) atoms. The van der Waals surface area contributed by atoms with Gasteiger partial charge in [0.2, 0.25) is 0 Å². The van der Waals surface area contributed by atoms with Crippen LogP contribution in [-0.4, -0.2) is 38.1 Å². The summed E-state index contributed by atoms with van der Waals surface area (Å²) in [4.78, 5) is 2.49. The zero-order valence-corrected chi connectivity index (χ0v) is 10.1. The third-order valence-electron chi connectivity index (χ3n) is 4.36. The number of likely N-dealkylation sites (tertiary alicyclic amines) is 1. The Morgan fingerprint density at radius 3 is 2.43 bits per heavy atom. The second kappa shape index (κ2) is 3.21. The molecule has 0 aromatic heterocycles. The highest BCUT2D eigenvalue weighted by atomic mass is 15.1. The molecule has 0 saturated carbocycles. The van der Waals surface area contributed by atoms with Crippen molar-refractivity contribution in [2.75, 3.05) is 33.2 Å². The number of rotatable bonds is 1. The normalized spacial score (nSPS) is 43.3. The Morgan fingerprint density at radius 1 is 1.29 bits per heavy atom. The van der Waals surface area contributed by atoms with Crippen LogP contribution in [0.3, 0.4) is 0 Å². The van der Waals surface area contributed by atoms with Crippen molar-refractivity contribution >= 4 is 0 Å². The minimum atomic E-state index is 0.496. The van der Waals surface area contributed by atoms with Gasteiger partial charge in [0.15, 0.2) is 0 Å². The first kappa shape index (κ1) is 10.4. The van der Waals surface area contributed by atoms with Crippen molar-refractivity contribution in [1.29, 1.82) is 0 Å². The molecule has 82 valence electrons. The maximum atomic E-state index is 3.52. The van der Waals surface area contributed by atoms with Crippen molar-refractivity contribution in [2.45, 2.75) is 27.2 Å². The van der Waals surface area contributed by atoms with Crippen LogP contribution in [0.4, 0.5) is 0 Å². The van der Waals surface area contributed by atoms with Crippen molar-refractivity contribution in [2.24, 2.45) is 16.7 Å². The topological polar surface area (TPSA) is 15.3 Å². The molecule has 2 unspecified atom stereocenters. The Kier molecular flexibility index (Phi) is 2.39. The monoisotopic (exact) mass is 196 g/mol. The molecule has 2 saturated heterocycles. The predicted molar refractivity (Wildman–Crippen MR) is 60.4 cm³/mol. The van der Waals surface area contributed by atoms with Crippen molar-refractivity contribution in [3.05, 3.63) is 0 Å². The second-order valence-electron chi connectivity index (χ2n) is 6.32. The minimum absolute atomic E-state index is 0.496. The van der Waals surface area contributed by atoms with Gasteiger partial charge in [-0.3, -0.25) is 0 Å². The summed E-state index contributed by atoms with van der Waals surface area (Å²) in [6.07, 6.45) is 1.36. The fourth-order valence-electron chi connectivity index (χ4n) is 3.73. The molecule has 2 heteroatoms. The molecule has 0 aliphatic carbocycles. The molecule has 0 aromatic rings. The fourth-order valence-corrected chi connectivity index (χ4v) is 3.73. The van der Waals surface area contributed by atoms with Gasteiger partial charge in [0.1, 0.15) is 0 Å². The molecule has 2 aliphatic heterocycles. The van der Waals surface area contributed by atoms with E-state index in [0.29, 0.717) is 10.8 Å². The molecule has 0 aromatic carbocycles. The Balaban J connectivity index is 2.17. The summed E-state index contributed by atoms with van der Waals surface area (Å²) in [6.45, 7) is 12.3. The van der Waals surface area contributed by atoms with E-state index >= 15 is 0 Å². The van der Waals surface area contributed by atoms with E-state index in [0.717, 1.165) is 5.92 Å². The lowest BCUT2D eigenvalue weighted by molar-refractivity contribution is 0.122. The van der Waals surface area contributed by atoms with Gasteiger partial charge in [-0.2, -0.15) is 0 Å². The van der Waals surface area contributed by atoms with E-state index in [9.17, 15) is 0 Å². The molecule has 2 aliphatic rings. The summed E-state index contributed by atoms with van der Waals surface area (Å²) in [6, 6.07) is 0. The molecule has 2 rings (SSSR count). The van der Waals surface area contributed by atoms with Crippen molar-refractivity contribution in [3.8, 4) is 0 Å². The van der Waals surface area contributed by atoms with Crippen molar-refractivity contribution in [1.82, 2.24) is 10.2 Å². The summed E-state index contributed by atoms with van der Waals surface area (Å²) < 4.78 is 0. The molecular formula is C12H24N2. The molecule has 0 amide bonds. The number of hydrogen-bond acceptors (Lipinski definition) is 2. The lowest BCUT2D eigenvalue weighted by Crippen LogP contribution is -2.38.